The molecule has 0 saturated carbocycles. The predicted molar refractivity (Wildman–Crippen MR) is 72.8 cm³/mol. The Balaban J connectivity index is 2.38. The summed E-state index contributed by atoms with van der Waals surface area (Å²) < 4.78 is 54.2. The molecule has 0 aliphatic rings. The molecular weight excluding hydrogens is 286 g/mol. The molecule has 0 heterocycles. The van der Waals surface area contributed by atoms with Gasteiger partial charge in [0, 0.05) is 14.1 Å². The fourth-order valence-corrected chi connectivity index (χ4v) is 1.91. The summed E-state index contributed by atoms with van der Waals surface area (Å²) in [4.78, 5) is 1.59. The van der Waals surface area contributed by atoms with E-state index in [4.69, 9.17) is 0 Å². The van der Waals surface area contributed by atoms with E-state index in [0.717, 1.165) is 0 Å². The van der Waals surface area contributed by atoms with E-state index in [1.54, 1.807) is 31.1 Å². The molecule has 0 amide bonds. The van der Waals surface area contributed by atoms with Crippen molar-refractivity contribution < 1.29 is 22.3 Å². The molecule has 2 nitrogen and oxygen atoms in total. The van der Waals surface area contributed by atoms with E-state index in [-0.39, 0.29) is 5.75 Å². The lowest BCUT2D eigenvalue weighted by Gasteiger charge is -2.15. The van der Waals surface area contributed by atoms with Gasteiger partial charge in [-0.05, 0) is 35.4 Å². The van der Waals surface area contributed by atoms with Crippen molar-refractivity contribution >= 4 is 5.69 Å². The summed E-state index contributed by atoms with van der Waals surface area (Å²) in [6.45, 7) is 0. The van der Waals surface area contributed by atoms with E-state index in [9.17, 15) is 17.6 Å². The Morgan fingerprint density at radius 3 is 2.24 bits per heavy atom. The van der Waals surface area contributed by atoms with E-state index in [2.05, 4.69) is 4.74 Å². The first-order chi connectivity index (χ1) is 9.76. The first kappa shape index (κ1) is 15.2. The summed E-state index contributed by atoms with van der Waals surface area (Å²) >= 11 is 0. The third-order valence-electron chi connectivity index (χ3n) is 2.83. The smallest absolute Gasteiger partial charge is 0.406 e. The van der Waals surface area contributed by atoms with Crippen LogP contribution in [0.1, 0.15) is 0 Å². The van der Waals surface area contributed by atoms with E-state index >= 15 is 0 Å². The Bertz CT molecular complexity index is 638. The van der Waals surface area contributed by atoms with Gasteiger partial charge in [-0.15, -0.1) is 13.2 Å². The van der Waals surface area contributed by atoms with E-state index in [1.807, 2.05) is 0 Å². The topological polar surface area (TPSA) is 12.5 Å². The van der Waals surface area contributed by atoms with Gasteiger partial charge < -0.3 is 9.64 Å². The van der Waals surface area contributed by atoms with Gasteiger partial charge in [-0.3, -0.25) is 0 Å². The molecule has 21 heavy (non-hydrogen) atoms. The lowest BCUT2D eigenvalue weighted by Crippen LogP contribution is -2.17. The Morgan fingerprint density at radius 1 is 0.952 bits per heavy atom. The predicted octanol–water partition coefficient (Wildman–Crippen LogP) is 4.46. The molecule has 0 bridgehead atoms. The molecule has 0 atom stereocenters. The van der Waals surface area contributed by atoms with E-state index in [1.165, 1.54) is 30.3 Å². The minimum Gasteiger partial charge on any atom is -0.406 e. The number of ether oxygens (including phenoxy) is 1. The van der Waals surface area contributed by atoms with Crippen LogP contribution < -0.4 is 9.64 Å². The number of benzene rings is 2. The molecule has 0 radical (unpaired) electrons. The van der Waals surface area contributed by atoms with Crippen LogP contribution in [0.15, 0.2) is 42.5 Å². The molecule has 0 aliphatic carbocycles. The summed E-state index contributed by atoms with van der Waals surface area (Å²) in [6.07, 6.45) is -4.74. The molecule has 0 saturated heterocycles. The second kappa shape index (κ2) is 5.63. The number of halogens is 4. The second-order valence-corrected chi connectivity index (χ2v) is 4.64. The molecule has 0 aromatic heterocycles. The SMILES string of the molecule is CN(C)c1cc(-c2cccc(OC(F)(F)F)c2)ccc1F. The zero-order valence-corrected chi connectivity index (χ0v) is 11.4. The molecule has 2 aromatic carbocycles. The largest absolute Gasteiger partial charge is 0.573 e. The highest BCUT2D eigenvalue weighted by atomic mass is 19.4. The minimum absolute atomic E-state index is 0.310. The van der Waals surface area contributed by atoms with Crippen LogP contribution in [-0.2, 0) is 0 Å². The quantitative estimate of drug-likeness (QED) is 0.776. The van der Waals surface area contributed by atoms with Crippen molar-refractivity contribution in [2.75, 3.05) is 19.0 Å². The van der Waals surface area contributed by atoms with Crippen LogP contribution in [0, 0.1) is 5.82 Å². The molecule has 0 fully saturated rings. The van der Waals surface area contributed by atoms with Crippen molar-refractivity contribution in [3.8, 4) is 16.9 Å². The summed E-state index contributed by atoms with van der Waals surface area (Å²) in [5.74, 6) is -0.706. The normalized spacial score (nSPS) is 11.3. The number of rotatable bonds is 3. The Kier molecular flexibility index (Phi) is 4.06. The van der Waals surface area contributed by atoms with Crippen molar-refractivity contribution in [1.29, 1.82) is 0 Å². The maximum absolute atomic E-state index is 13.6. The lowest BCUT2D eigenvalue weighted by molar-refractivity contribution is -0.274. The van der Waals surface area contributed by atoms with Gasteiger partial charge in [-0.25, -0.2) is 4.39 Å². The standard InChI is InChI=1S/C15H13F4NO/c1-20(2)14-9-11(6-7-13(14)16)10-4-3-5-12(8-10)21-15(17,18)19/h3-9H,1-2H3. The van der Waals surface area contributed by atoms with Gasteiger partial charge in [0.15, 0.2) is 0 Å². The summed E-state index contributed by atoms with van der Waals surface area (Å²) in [5, 5.41) is 0. The zero-order chi connectivity index (χ0) is 15.6. The molecular formula is C15H13F4NO. The highest BCUT2D eigenvalue weighted by molar-refractivity contribution is 5.69. The van der Waals surface area contributed by atoms with Crippen molar-refractivity contribution in [3.63, 3.8) is 0 Å². The van der Waals surface area contributed by atoms with Gasteiger partial charge in [-0.2, -0.15) is 0 Å². The second-order valence-electron chi connectivity index (χ2n) is 4.64. The van der Waals surface area contributed by atoms with Crippen molar-refractivity contribution in [1.82, 2.24) is 0 Å². The maximum Gasteiger partial charge on any atom is 0.573 e. The Hall–Kier alpha value is -2.24. The van der Waals surface area contributed by atoms with Crippen LogP contribution >= 0.6 is 0 Å². The molecule has 112 valence electrons. The summed E-state index contributed by atoms with van der Waals surface area (Å²) in [5.41, 5.74) is 1.47. The maximum atomic E-state index is 13.6. The molecule has 0 N–H and O–H groups in total. The first-order valence-corrected chi connectivity index (χ1v) is 6.09. The number of anilines is 1. The zero-order valence-electron chi connectivity index (χ0n) is 11.4. The summed E-state index contributed by atoms with van der Waals surface area (Å²) in [7, 11) is 3.37. The van der Waals surface area contributed by atoms with Crippen LogP contribution in [0.25, 0.3) is 11.1 Å². The molecule has 0 aliphatic heterocycles. The van der Waals surface area contributed by atoms with Crippen LogP contribution in [0.4, 0.5) is 23.2 Å². The number of alkyl halides is 3. The van der Waals surface area contributed by atoms with Gasteiger partial charge in [0.2, 0.25) is 0 Å². The van der Waals surface area contributed by atoms with E-state index in [0.29, 0.717) is 16.8 Å². The highest BCUT2D eigenvalue weighted by Gasteiger charge is 2.31. The van der Waals surface area contributed by atoms with Gasteiger partial charge in [0.05, 0.1) is 5.69 Å². The molecule has 0 spiro atoms. The molecule has 2 rings (SSSR count). The number of hydrogen-bond acceptors (Lipinski definition) is 2. The third-order valence-corrected chi connectivity index (χ3v) is 2.83. The highest BCUT2D eigenvalue weighted by Crippen LogP contribution is 2.30. The van der Waals surface area contributed by atoms with Gasteiger partial charge in [0.1, 0.15) is 11.6 Å². The average molecular weight is 299 g/mol. The Morgan fingerprint density at radius 2 is 1.62 bits per heavy atom. The lowest BCUT2D eigenvalue weighted by atomic mass is 10.0. The monoisotopic (exact) mass is 299 g/mol. The van der Waals surface area contributed by atoms with Crippen LogP contribution in [0.5, 0.6) is 5.75 Å². The van der Waals surface area contributed by atoms with Crippen molar-refractivity contribution in [2.45, 2.75) is 6.36 Å². The number of hydrogen-bond donors (Lipinski definition) is 0. The van der Waals surface area contributed by atoms with Crippen molar-refractivity contribution in [2.24, 2.45) is 0 Å². The van der Waals surface area contributed by atoms with Gasteiger partial charge >= 0.3 is 6.36 Å². The molecule has 0 unspecified atom stereocenters. The van der Waals surface area contributed by atoms with Crippen molar-refractivity contribution in [3.05, 3.63) is 48.3 Å². The van der Waals surface area contributed by atoms with Crippen LogP contribution in [0.3, 0.4) is 0 Å². The minimum atomic E-state index is -4.74. The Labute approximate surface area is 119 Å². The molecule has 2 aromatic rings. The van der Waals surface area contributed by atoms with Crippen LogP contribution in [-0.4, -0.2) is 20.5 Å². The fourth-order valence-electron chi connectivity index (χ4n) is 1.91. The van der Waals surface area contributed by atoms with Gasteiger partial charge in [0.25, 0.3) is 0 Å². The summed E-state index contributed by atoms with van der Waals surface area (Å²) in [6, 6.07) is 9.93. The van der Waals surface area contributed by atoms with E-state index < -0.39 is 12.2 Å². The first-order valence-electron chi connectivity index (χ1n) is 6.09. The third kappa shape index (κ3) is 3.87. The van der Waals surface area contributed by atoms with Crippen LogP contribution in [0.2, 0.25) is 0 Å². The number of nitrogens with zero attached hydrogens (tertiary/aromatic N) is 1. The average Bonchev–Trinajstić information content (AvgIpc) is 2.37. The fraction of sp³-hybridized carbons (Fsp3) is 0.200. The molecule has 6 heteroatoms. The van der Waals surface area contributed by atoms with Gasteiger partial charge in [-0.1, -0.05) is 18.2 Å².